The van der Waals surface area contributed by atoms with Gasteiger partial charge in [0.1, 0.15) is 5.82 Å². The third-order valence-corrected chi connectivity index (χ3v) is 5.04. The number of hydrogen-bond donors (Lipinski definition) is 1. The largest absolute Gasteiger partial charge is 0.388 e. The second-order valence-corrected chi connectivity index (χ2v) is 6.26. The Bertz CT molecular complexity index is 507. The van der Waals surface area contributed by atoms with Gasteiger partial charge in [0.05, 0.1) is 6.10 Å². The summed E-state index contributed by atoms with van der Waals surface area (Å²) in [5.74, 6) is -0.389. The predicted octanol–water partition coefficient (Wildman–Crippen LogP) is 4.69. The molecule has 0 aliphatic carbocycles. The van der Waals surface area contributed by atoms with E-state index in [9.17, 15) is 9.50 Å². The quantitative estimate of drug-likeness (QED) is 0.820. The van der Waals surface area contributed by atoms with Crippen molar-refractivity contribution in [1.82, 2.24) is 0 Å². The first-order chi connectivity index (χ1) is 8.09. The van der Waals surface area contributed by atoms with Crippen LogP contribution < -0.4 is 0 Å². The summed E-state index contributed by atoms with van der Waals surface area (Å²) >= 11 is 8.20. The van der Waals surface area contributed by atoms with E-state index in [-0.39, 0.29) is 5.82 Å². The summed E-state index contributed by atoms with van der Waals surface area (Å²) in [6, 6.07) is 6.61. The van der Waals surface area contributed by atoms with Gasteiger partial charge in [0.25, 0.3) is 0 Å². The summed E-state index contributed by atoms with van der Waals surface area (Å²) in [5, 5.41) is 12.0. The van der Waals surface area contributed by atoms with Crippen molar-refractivity contribution < 1.29 is 9.50 Å². The lowest BCUT2D eigenvalue weighted by Crippen LogP contribution is -2.04. The summed E-state index contributed by atoms with van der Waals surface area (Å²) in [7, 11) is 0. The molecule has 1 nitrogen and oxygen atoms in total. The molecule has 0 amide bonds. The molecule has 1 N–H and O–H groups in total. The Morgan fingerprint density at radius 2 is 2.00 bits per heavy atom. The Labute approximate surface area is 120 Å². The van der Waals surface area contributed by atoms with E-state index < -0.39 is 6.10 Å². The highest BCUT2D eigenvalue weighted by molar-refractivity contribution is 9.10. The van der Waals surface area contributed by atoms with E-state index in [1.54, 1.807) is 12.1 Å². The molecule has 0 spiro atoms. The van der Waals surface area contributed by atoms with Gasteiger partial charge < -0.3 is 5.11 Å². The molecule has 90 valence electrons. The number of rotatable bonds is 3. The molecule has 1 unspecified atom stereocenters. The van der Waals surface area contributed by atoms with Gasteiger partial charge in [0, 0.05) is 25.8 Å². The van der Waals surface area contributed by atoms with Crippen LogP contribution in [0.5, 0.6) is 0 Å². The fourth-order valence-electron chi connectivity index (χ4n) is 1.58. The zero-order valence-electron chi connectivity index (χ0n) is 8.66. The summed E-state index contributed by atoms with van der Waals surface area (Å²) in [5.41, 5.74) is 0.313. The maximum atomic E-state index is 13.6. The molecule has 0 saturated carbocycles. The Morgan fingerprint density at radius 3 is 2.59 bits per heavy atom. The van der Waals surface area contributed by atoms with E-state index in [4.69, 9.17) is 0 Å². The standard InChI is InChI=1S/C12H9Br2FOS/c13-7-4-5-17-11(7)6-10(16)12-8(14)2-1-3-9(12)15/h1-5,10,16H,6H2. The first-order valence-corrected chi connectivity index (χ1v) is 7.40. The predicted molar refractivity (Wildman–Crippen MR) is 74.8 cm³/mol. The van der Waals surface area contributed by atoms with Crippen LogP contribution in [-0.4, -0.2) is 5.11 Å². The van der Waals surface area contributed by atoms with Crippen LogP contribution in [0.25, 0.3) is 0 Å². The summed E-state index contributed by atoms with van der Waals surface area (Å²) in [6.07, 6.45) is -0.446. The first kappa shape index (κ1) is 13.2. The molecular weight excluding hydrogens is 371 g/mol. The van der Waals surface area contributed by atoms with Crippen LogP contribution in [0.3, 0.4) is 0 Å². The second-order valence-electron chi connectivity index (χ2n) is 3.55. The van der Waals surface area contributed by atoms with E-state index in [1.807, 2.05) is 11.4 Å². The van der Waals surface area contributed by atoms with Crippen molar-refractivity contribution in [2.75, 3.05) is 0 Å². The van der Waals surface area contributed by atoms with Crippen LogP contribution in [0.15, 0.2) is 38.6 Å². The lowest BCUT2D eigenvalue weighted by Gasteiger charge is -2.13. The normalized spacial score (nSPS) is 12.7. The number of aliphatic hydroxyl groups is 1. The molecule has 1 aromatic carbocycles. The lowest BCUT2D eigenvalue weighted by molar-refractivity contribution is 0.173. The molecule has 1 heterocycles. The average Bonchev–Trinajstić information content (AvgIpc) is 2.64. The van der Waals surface area contributed by atoms with Crippen LogP contribution in [0.1, 0.15) is 16.5 Å². The van der Waals surface area contributed by atoms with Crippen LogP contribution >= 0.6 is 43.2 Å². The van der Waals surface area contributed by atoms with Gasteiger partial charge >= 0.3 is 0 Å². The topological polar surface area (TPSA) is 20.2 Å². The van der Waals surface area contributed by atoms with Crippen LogP contribution in [0.2, 0.25) is 0 Å². The van der Waals surface area contributed by atoms with Crippen LogP contribution in [0, 0.1) is 5.82 Å². The third kappa shape index (κ3) is 2.96. The molecule has 0 bridgehead atoms. The van der Waals surface area contributed by atoms with E-state index in [0.29, 0.717) is 16.5 Å². The Balaban J connectivity index is 2.26. The highest BCUT2D eigenvalue weighted by Gasteiger charge is 2.18. The Hall–Kier alpha value is -0.230. The fourth-order valence-corrected chi connectivity index (χ4v) is 3.74. The lowest BCUT2D eigenvalue weighted by atomic mass is 10.1. The second kappa shape index (κ2) is 5.61. The molecule has 2 aromatic rings. The van der Waals surface area contributed by atoms with Gasteiger partial charge in [0.2, 0.25) is 0 Å². The van der Waals surface area contributed by atoms with Gasteiger partial charge in [-0.1, -0.05) is 22.0 Å². The van der Waals surface area contributed by atoms with E-state index in [2.05, 4.69) is 31.9 Å². The first-order valence-electron chi connectivity index (χ1n) is 4.93. The van der Waals surface area contributed by atoms with Crippen molar-refractivity contribution >= 4 is 43.2 Å². The molecule has 17 heavy (non-hydrogen) atoms. The zero-order chi connectivity index (χ0) is 12.4. The van der Waals surface area contributed by atoms with Crippen molar-refractivity contribution in [3.8, 4) is 0 Å². The zero-order valence-corrected chi connectivity index (χ0v) is 12.6. The van der Waals surface area contributed by atoms with Crippen molar-refractivity contribution in [3.63, 3.8) is 0 Å². The third-order valence-electron chi connectivity index (χ3n) is 2.40. The van der Waals surface area contributed by atoms with Gasteiger partial charge in [-0.3, -0.25) is 0 Å². The molecule has 2 rings (SSSR count). The van der Waals surface area contributed by atoms with Crippen LogP contribution in [0.4, 0.5) is 4.39 Å². The molecule has 0 aliphatic heterocycles. The van der Waals surface area contributed by atoms with Crippen molar-refractivity contribution in [2.24, 2.45) is 0 Å². The smallest absolute Gasteiger partial charge is 0.130 e. The van der Waals surface area contributed by atoms with Gasteiger partial charge in [-0.2, -0.15) is 0 Å². The summed E-state index contributed by atoms with van der Waals surface area (Å²) in [6.45, 7) is 0. The van der Waals surface area contributed by atoms with Gasteiger partial charge in [0.15, 0.2) is 0 Å². The molecular formula is C12H9Br2FOS. The minimum atomic E-state index is -0.847. The van der Waals surface area contributed by atoms with Gasteiger partial charge in [-0.15, -0.1) is 11.3 Å². The molecule has 0 radical (unpaired) electrons. The summed E-state index contributed by atoms with van der Waals surface area (Å²) < 4.78 is 15.2. The molecule has 1 aromatic heterocycles. The minimum absolute atomic E-state index is 0.313. The van der Waals surface area contributed by atoms with Crippen molar-refractivity contribution in [1.29, 1.82) is 0 Å². The van der Waals surface area contributed by atoms with E-state index in [0.717, 1.165) is 9.35 Å². The highest BCUT2D eigenvalue weighted by atomic mass is 79.9. The van der Waals surface area contributed by atoms with Gasteiger partial charge in [-0.25, -0.2) is 4.39 Å². The maximum absolute atomic E-state index is 13.6. The number of benzene rings is 1. The monoisotopic (exact) mass is 378 g/mol. The van der Waals surface area contributed by atoms with Gasteiger partial charge in [-0.05, 0) is 39.5 Å². The summed E-state index contributed by atoms with van der Waals surface area (Å²) in [4.78, 5) is 1.01. The Morgan fingerprint density at radius 1 is 1.24 bits per heavy atom. The SMILES string of the molecule is OC(Cc1sccc1Br)c1c(F)cccc1Br. The average molecular weight is 380 g/mol. The molecule has 0 saturated heterocycles. The number of halogens is 3. The molecule has 0 fully saturated rings. The molecule has 1 atom stereocenters. The van der Waals surface area contributed by atoms with Crippen molar-refractivity contribution in [2.45, 2.75) is 12.5 Å². The Kier molecular flexibility index (Phi) is 4.36. The molecule has 0 aliphatic rings. The highest BCUT2D eigenvalue weighted by Crippen LogP contribution is 2.32. The maximum Gasteiger partial charge on any atom is 0.130 e. The van der Waals surface area contributed by atoms with E-state index >= 15 is 0 Å². The minimum Gasteiger partial charge on any atom is -0.388 e. The van der Waals surface area contributed by atoms with Crippen LogP contribution in [-0.2, 0) is 6.42 Å². The number of hydrogen-bond acceptors (Lipinski definition) is 2. The molecule has 5 heteroatoms. The van der Waals surface area contributed by atoms with Crippen molar-refractivity contribution in [3.05, 3.63) is 54.8 Å². The number of thiophene rings is 1. The number of aliphatic hydroxyl groups excluding tert-OH is 1. The fraction of sp³-hybridized carbons (Fsp3) is 0.167. The van der Waals surface area contributed by atoms with E-state index in [1.165, 1.54) is 17.4 Å².